The number of hydrogen-bond acceptors (Lipinski definition) is 4. The van der Waals surface area contributed by atoms with E-state index in [1.165, 1.54) is 0 Å². The van der Waals surface area contributed by atoms with Crippen LogP contribution in [0.3, 0.4) is 0 Å². The van der Waals surface area contributed by atoms with Crippen LogP contribution in [0.25, 0.3) is 11.0 Å². The number of aryl methyl sites for hydroxylation is 1. The minimum absolute atomic E-state index is 0.0199. The molecule has 0 saturated carbocycles. The third-order valence-electron chi connectivity index (χ3n) is 2.99. The molecule has 1 aromatic carbocycles. The summed E-state index contributed by atoms with van der Waals surface area (Å²) in [5.74, 6) is -0.0144. The molecule has 18 heavy (non-hydrogen) atoms. The summed E-state index contributed by atoms with van der Waals surface area (Å²) in [5.41, 5.74) is 1.01. The van der Waals surface area contributed by atoms with Crippen LogP contribution in [0.4, 0.5) is 0 Å². The Morgan fingerprint density at radius 3 is 2.56 bits per heavy atom. The molecule has 4 nitrogen and oxygen atoms in total. The average molecular weight is 246 g/mol. The molecule has 1 aromatic heterocycles. The second kappa shape index (κ2) is 4.29. The van der Waals surface area contributed by atoms with Crippen LogP contribution in [0, 0.1) is 6.92 Å². The van der Waals surface area contributed by atoms with Crippen molar-refractivity contribution in [3.05, 3.63) is 39.2 Å². The first-order valence-electron chi connectivity index (χ1n) is 5.71. The summed E-state index contributed by atoms with van der Waals surface area (Å²) in [4.78, 5) is 22.5. The largest absolute Gasteiger partial charge is 0.507 e. The lowest BCUT2D eigenvalue weighted by atomic mass is 9.95. The van der Waals surface area contributed by atoms with Gasteiger partial charge in [-0.1, -0.05) is 13.8 Å². The summed E-state index contributed by atoms with van der Waals surface area (Å²) in [7, 11) is 0. The van der Waals surface area contributed by atoms with Crippen molar-refractivity contribution in [2.24, 2.45) is 0 Å². The summed E-state index contributed by atoms with van der Waals surface area (Å²) >= 11 is 0. The molecular weight excluding hydrogens is 232 g/mol. The summed E-state index contributed by atoms with van der Waals surface area (Å²) in [5, 5.41) is 10.5. The maximum Gasteiger partial charge on any atom is 0.339 e. The predicted molar refractivity (Wildman–Crippen MR) is 68.4 cm³/mol. The minimum atomic E-state index is -0.495. The highest BCUT2D eigenvalue weighted by Gasteiger charge is 2.16. The van der Waals surface area contributed by atoms with Crippen LogP contribution < -0.4 is 5.63 Å². The van der Waals surface area contributed by atoms with Crippen LogP contribution in [0.2, 0.25) is 0 Å². The number of carbonyl (C=O) groups is 1. The summed E-state index contributed by atoms with van der Waals surface area (Å²) in [6.45, 7) is 5.59. The zero-order valence-corrected chi connectivity index (χ0v) is 10.5. The molecule has 0 aliphatic carbocycles. The van der Waals surface area contributed by atoms with E-state index in [0.717, 1.165) is 5.56 Å². The van der Waals surface area contributed by atoms with E-state index in [1.807, 2.05) is 13.8 Å². The first-order chi connectivity index (χ1) is 8.45. The van der Waals surface area contributed by atoms with Crippen molar-refractivity contribution in [1.82, 2.24) is 0 Å². The van der Waals surface area contributed by atoms with Crippen molar-refractivity contribution in [2.45, 2.75) is 26.7 Å². The van der Waals surface area contributed by atoms with Gasteiger partial charge in [0.15, 0.2) is 11.9 Å². The van der Waals surface area contributed by atoms with Crippen LogP contribution in [0.1, 0.15) is 41.3 Å². The van der Waals surface area contributed by atoms with E-state index in [0.29, 0.717) is 17.2 Å². The SMILES string of the molecule is Cc1cc2c(C(C)C)cc(O)c(C=O)c2oc1=O. The summed E-state index contributed by atoms with van der Waals surface area (Å²) in [6.07, 6.45) is 0.500. The van der Waals surface area contributed by atoms with Crippen LogP contribution in [0.5, 0.6) is 5.75 Å². The smallest absolute Gasteiger partial charge is 0.339 e. The molecular formula is C14H14O4. The first kappa shape index (κ1) is 12.4. The predicted octanol–water partition coefficient (Wildman–Crippen LogP) is 2.74. The lowest BCUT2D eigenvalue weighted by Crippen LogP contribution is -2.05. The van der Waals surface area contributed by atoms with Crippen molar-refractivity contribution in [3.63, 3.8) is 0 Å². The van der Waals surface area contributed by atoms with Gasteiger partial charge in [-0.3, -0.25) is 4.79 Å². The number of carbonyl (C=O) groups excluding carboxylic acids is 1. The van der Waals surface area contributed by atoms with E-state index >= 15 is 0 Å². The number of aromatic hydroxyl groups is 1. The van der Waals surface area contributed by atoms with Gasteiger partial charge in [-0.2, -0.15) is 0 Å². The van der Waals surface area contributed by atoms with E-state index in [-0.39, 0.29) is 22.8 Å². The number of aldehydes is 1. The second-order valence-electron chi connectivity index (χ2n) is 4.63. The van der Waals surface area contributed by atoms with Crippen LogP contribution in [0.15, 0.2) is 21.3 Å². The fourth-order valence-electron chi connectivity index (χ4n) is 1.99. The molecule has 1 heterocycles. The Labute approximate surface area is 104 Å². The Bertz CT molecular complexity index is 680. The molecule has 1 N–H and O–H groups in total. The molecule has 0 aliphatic rings. The zero-order valence-electron chi connectivity index (χ0n) is 10.5. The van der Waals surface area contributed by atoms with Gasteiger partial charge in [0.2, 0.25) is 0 Å². The topological polar surface area (TPSA) is 67.5 Å². The maximum absolute atomic E-state index is 11.5. The number of phenols is 1. The summed E-state index contributed by atoms with van der Waals surface area (Å²) < 4.78 is 5.14. The van der Waals surface area contributed by atoms with E-state index in [9.17, 15) is 14.7 Å². The van der Waals surface area contributed by atoms with E-state index in [4.69, 9.17) is 4.42 Å². The van der Waals surface area contributed by atoms with Gasteiger partial charge in [-0.25, -0.2) is 4.79 Å². The standard InChI is InChI=1S/C14H14O4/c1-7(2)9-5-12(16)11(6-15)13-10(9)4-8(3)14(17)18-13/h4-7,16H,1-3H3. The number of benzene rings is 1. The summed E-state index contributed by atoms with van der Waals surface area (Å²) in [6, 6.07) is 3.25. The average Bonchev–Trinajstić information content (AvgIpc) is 2.30. The van der Waals surface area contributed by atoms with Gasteiger partial charge in [0, 0.05) is 10.9 Å². The normalized spacial score (nSPS) is 11.1. The van der Waals surface area contributed by atoms with Gasteiger partial charge in [-0.15, -0.1) is 0 Å². The van der Waals surface area contributed by atoms with E-state index in [1.54, 1.807) is 19.1 Å². The molecule has 2 aromatic rings. The van der Waals surface area contributed by atoms with Crippen molar-refractivity contribution < 1.29 is 14.3 Å². The third-order valence-corrected chi connectivity index (χ3v) is 2.99. The van der Waals surface area contributed by atoms with Gasteiger partial charge in [0.25, 0.3) is 0 Å². The lowest BCUT2D eigenvalue weighted by molar-refractivity contribution is 0.112. The van der Waals surface area contributed by atoms with Crippen LogP contribution in [-0.2, 0) is 0 Å². The first-order valence-corrected chi connectivity index (χ1v) is 5.71. The van der Waals surface area contributed by atoms with E-state index < -0.39 is 5.63 Å². The van der Waals surface area contributed by atoms with Crippen LogP contribution >= 0.6 is 0 Å². The molecule has 0 atom stereocenters. The molecule has 0 unspecified atom stereocenters. The number of hydrogen-bond donors (Lipinski definition) is 1. The quantitative estimate of drug-likeness (QED) is 0.653. The Kier molecular flexibility index (Phi) is 2.95. The molecule has 0 aliphatic heterocycles. The lowest BCUT2D eigenvalue weighted by Gasteiger charge is -2.12. The minimum Gasteiger partial charge on any atom is -0.507 e. The maximum atomic E-state index is 11.5. The Balaban J connectivity index is 3.02. The van der Waals surface area contributed by atoms with Crippen LogP contribution in [-0.4, -0.2) is 11.4 Å². The fourth-order valence-corrected chi connectivity index (χ4v) is 1.99. The van der Waals surface area contributed by atoms with Gasteiger partial charge in [0.05, 0.1) is 5.56 Å². The Morgan fingerprint density at radius 2 is 2.00 bits per heavy atom. The molecule has 0 fully saturated rings. The highest BCUT2D eigenvalue weighted by atomic mass is 16.4. The number of phenolic OH excluding ortho intramolecular Hbond substituents is 1. The molecule has 4 heteroatoms. The number of rotatable bonds is 2. The Morgan fingerprint density at radius 1 is 1.33 bits per heavy atom. The highest BCUT2D eigenvalue weighted by molar-refractivity contribution is 5.99. The van der Waals surface area contributed by atoms with Gasteiger partial charge in [0.1, 0.15) is 5.75 Å². The molecule has 0 spiro atoms. The third kappa shape index (κ3) is 1.79. The van der Waals surface area contributed by atoms with Crippen molar-refractivity contribution in [1.29, 1.82) is 0 Å². The molecule has 2 rings (SSSR count). The van der Waals surface area contributed by atoms with Gasteiger partial charge in [-0.05, 0) is 30.5 Å². The highest BCUT2D eigenvalue weighted by Crippen LogP contribution is 2.33. The molecule has 94 valence electrons. The van der Waals surface area contributed by atoms with Crippen molar-refractivity contribution in [2.75, 3.05) is 0 Å². The van der Waals surface area contributed by atoms with Crippen molar-refractivity contribution in [3.8, 4) is 5.75 Å². The van der Waals surface area contributed by atoms with Gasteiger partial charge < -0.3 is 9.52 Å². The monoisotopic (exact) mass is 246 g/mol. The second-order valence-corrected chi connectivity index (χ2v) is 4.63. The Hall–Kier alpha value is -2.10. The van der Waals surface area contributed by atoms with Crippen molar-refractivity contribution >= 4 is 17.3 Å². The number of fused-ring (bicyclic) bond motifs is 1. The molecule has 0 radical (unpaired) electrons. The fraction of sp³-hybridized carbons (Fsp3) is 0.286. The molecule has 0 bridgehead atoms. The molecule has 0 saturated heterocycles. The van der Waals surface area contributed by atoms with E-state index in [2.05, 4.69) is 0 Å². The zero-order chi connectivity index (χ0) is 13.4. The van der Waals surface area contributed by atoms with Gasteiger partial charge >= 0.3 is 5.63 Å². The molecule has 0 amide bonds.